The number of esters is 1. The first-order chi connectivity index (χ1) is 14.1. The monoisotopic (exact) mass is 391 g/mol. The lowest BCUT2D eigenvalue weighted by molar-refractivity contribution is -0.191. The molecule has 5 nitrogen and oxygen atoms in total. The SMILES string of the molecule is Cc1[nH]c(C(=O)OCc2ccccc2)c(C)c1CCCc1ccccc1.O=C=O. The van der Waals surface area contributed by atoms with Crippen molar-refractivity contribution in [3.63, 3.8) is 0 Å². The van der Waals surface area contributed by atoms with Crippen molar-refractivity contribution in [3.8, 4) is 0 Å². The Bertz CT molecular complexity index is 940. The first kappa shape index (κ1) is 21.9. The molecule has 150 valence electrons. The van der Waals surface area contributed by atoms with Gasteiger partial charge >= 0.3 is 12.1 Å². The smallest absolute Gasteiger partial charge is 0.373 e. The number of aromatic nitrogens is 1. The van der Waals surface area contributed by atoms with Gasteiger partial charge in [-0.25, -0.2) is 4.79 Å². The highest BCUT2D eigenvalue weighted by Crippen LogP contribution is 2.21. The van der Waals surface area contributed by atoms with Crippen molar-refractivity contribution in [2.75, 3.05) is 0 Å². The Balaban J connectivity index is 0.000000941. The van der Waals surface area contributed by atoms with E-state index in [0.717, 1.165) is 36.1 Å². The second-order valence-electron chi connectivity index (χ2n) is 6.71. The number of nitrogens with one attached hydrogen (secondary N) is 1. The zero-order valence-electron chi connectivity index (χ0n) is 16.7. The molecule has 0 atom stereocenters. The van der Waals surface area contributed by atoms with Crippen LogP contribution in [0.15, 0.2) is 60.7 Å². The summed E-state index contributed by atoms with van der Waals surface area (Å²) in [6.07, 6.45) is 3.30. The Morgan fingerprint density at radius 2 is 1.45 bits per heavy atom. The molecule has 0 bridgehead atoms. The molecule has 0 unspecified atom stereocenters. The van der Waals surface area contributed by atoms with Crippen LogP contribution in [0.3, 0.4) is 0 Å². The third-order valence-corrected chi connectivity index (χ3v) is 4.74. The van der Waals surface area contributed by atoms with Crippen molar-refractivity contribution in [1.29, 1.82) is 0 Å². The quantitative estimate of drug-likeness (QED) is 0.598. The van der Waals surface area contributed by atoms with Crippen molar-refractivity contribution >= 4 is 12.1 Å². The molecule has 0 amide bonds. The summed E-state index contributed by atoms with van der Waals surface area (Å²) in [5, 5.41) is 0. The highest BCUT2D eigenvalue weighted by atomic mass is 16.5. The molecule has 0 aliphatic carbocycles. The van der Waals surface area contributed by atoms with E-state index in [4.69, 9.17) is 14.3 Å². The summed E-state index contributed by atoms with van der Waals surface area (Å²) in [5.41, 5.74) is 6.21. The van der Waals surface area contributed by atoms with Crippen LogP contribution in [0, 0.1) is 13.8 Å². The van der Waals surface area contributed by atoms with Gasteiger partial charge < -0.3 is 9.72 Å². The average molecular weight is 391 g/mol. The van der Waals surface area contributed by atoms with E-state index in [9.17, 15) is 4.79 Å². The van der Waals surface area contributed by atoms with Crippen LogP contribution in [0.5, 0.6) is 0 Å². The molecule has 0 saturated heterocycles. The summed E-state index contributed by atoms with van der Waals surface area (Å²) in [6, 6.07) is 20.2. The fourth-order valence-electron chi connectivity index (χ4n) is 3.28. The summed E-state index contributed by atoms with van der Waals surface area (Å²) in [7, 11) is 0. The highest BCUT2D eigenvalue weighted by Gasteiger charge is 2.18. The van der Waals surface area contributed by atoms with E-state index in [-0.39, 0.29) is 12.1 Å². The molecule has 5 heteroatoms. The van der Waals surface area contributed by atoms with Crippen molar-refractivity contribution in [2.45, 2.75) is 39.7 Å². The van der Waals surface area contributed by atoms with Crippen molar-refractivity contribution in [3.05, 3.63) is 94.3 Å². The summed E-state index contributed by atoms with van der Waals surface area (Å²) < 4.78 is 5.47. The number of carbonyl (C=O) groups excluding carboxylic acids is 3. The molecule has 0 aliphatic heterocycles. The van der Waals surface area contributed by atoms with E-state index in [1.807, 2.05) is 50.2 Å². The van der Waals surface area contributed by atoms with E-state index in [1.165, 1.54) is 11.1 Å². The lowest BCUT2D eigenvalue weighted by atomic mass is 10.0. The average Bonchev–Trinajstić information content (AvgIpc) is 3.02. The Kier molecular flexibility index (Phi) is 8.61. The molecule has 3 rings (SSSR count). The van der Waals surface area contributed by atoms with Crippen molar-refractivity contribution in [1.82, 2.24) is 4.98 Å². The lowest BCUT2D eigenvalue weighted by Gasteiger charge is -2.05. The van der Waals surface area contributed by atoms with Gasteiger partial charge in [-0.05, 0) is 55.4 Å². The minimum absolute atomic E-state index is 0.250. The first-order valence-electron chi connectivity index (χ1n) is 9.49. The van der Waals surface area contributed by atoms with Crippen LogP contribution in [0.1, 0.15) is 44.9 Å². The molecule has 0 spiro atoms. The van der Waals surface area contributed by atoms with Crippen LogP contribution in [-0.2, 0) is 33.8 Å². The summed E-state index contributed by atoms with van der Waals surface area (Å²) in [4.78, 5) is 31.9. The number of aryl methyl sites for hydroxylation is 2. The molecular formula is C24H25NO4. The second-order valence-corrected chi connectivity index (χ2v) is 6.71. The fraction of sp³-hybridized carbons (Fsp3) is 0.250. The van der Waals surface area contributed by atoms with Crippen LogP contribution >= 0.6 is 0 Å². The lowest BCUT2D eigenvalue weighted by Crippen LogP contribution is -2.07. The molecule has 29 heavy (non-hydrogen) atoms. The standard InChI is InChI=1S/C23H25NO2.CO2/c1-17-21(15-9-14-19-10-5-3-6-11-19)18(2)24-22(17)23(25)26-16-20-12-7-4-8-13-20;2-1-3/h3-8,10-13,24H,9,14-16H2,1-2H3;. The Labute approximate surface area is 170 Å². The van der Waals surface area contributed by atoms with Crippen LogP contribution in [-0.4, -0.2) is 17.1 Å². The molecule has 0 saturated carbocycles. The van der Waals surface area contributed by atoms with Crippen LogP contribution in [0.4, 0.5) is 0 Å². The molecule has 1 N–H and O–H groups in total. The van der Waals surface area contributed by atoms with Crippen LogP contribution < -0.4 is 0 Å². The fourth-order valence-corrected chi connectivity index (χ4v) is 3.28. The van der Waals surface area contributed by atoms with Crippen LogP contribution in [0.2, 0.25) is 0 Å². The number of hydrogen-bond acceptors (Lipinski definition) is 4. The summed E-state index contributed by atoms with van der Waals surface area (Å²) in [5.74, 6) is -0.288. The van der Waals surface area contributed by atoms with Gasteiger partial charge in [-0.1, -0.05) is 60.7 Å². The van der Waals surface area contributed by atoms with Gasteiger partial charge in [-0.15, -0.1) is 0 Å². The maximum Gasteiger partial charge on any atom is 0.373 e. The van der Waals surface area contributed by atoms with E-state index in [0.29, 0.717) is 12.3 Å². The highest BCUT2D eigenvalue weighted by molar-refractivity contribution is 5.89. The number of H-pyrrole nitrogens is 1. The molecular weight excluding hydrogens is 366 g/mol. The number of aromatic amines is 1. The normalized spacial score (nSPS) is 9.86. The molecule has 0 aliphatic rings. The van der Waals surface area contributed by atoms with Gasteiger partial charge in [0, 0.05) is 5.69 Å². The van der Waals surface area contributed by atoms with E-state index in [1.54, 1.807) is 0 Å². The third kappa shape index (κ3) is 6.59. The summed E-state index contributed by atoms with van der Waals surface area (Å²) >= 11 is 0. The third-order valence-electron chi connectivity index (χ3n) is 4.74. The van der Waals surface area contributed by atoms with E-state index >= 15 is 0 Å². The Hall–Kier alpha value is -3.43. The van der Waals surface area contributed by atoms with Crippen LogP contribution in [0.25, 0.3) is 0 Å². The zero-order valence-corrected chi connectivity index (χ0v) is 16.7. The maximum absolute atomic E-state index is 12.4. The van der Waals surface area contributed by atoms with Gasteiger partial charge in [0.05, 0.1) is 0 Å². The van der Waals surface area contributed by atoms with Gasteiger partial charge in [0.25, 0.3) is 0 Å². The number of benzene rings is 2. The van der Waals surface area contributed by atoms with E-state index < -0.39 is 0 Å². The molecule has 2 aromatic carbocycles. The minimum Gasteiger partial charge on any atom is -0.456 e. The molecule has 1 aromatic heterocycles. The van der Waals surface area contributed by atoms with Gasteiger partial charge in [0.1, 0.15) is 12.3 Å². The van der Waals surface area contributed by atoms with E-state index in [2.05, 4.69) is 29.2 Å². The predicted molar refractivity (Wildman–Crippen MR) is 109 cm³/mol. The van der Waals surface area contributed by atoms with Gasteiger partial charge in [-0.2, -0.15) is 9.59 Å². The summed E-state index contributed by atoms with van der Waals surface area (Å²) in [6.45, 7) is 4.32. The van der Waals surface area contributed by atoms with Crippen molar-refractivity contribution < 1.29 is 19.1 Å². The van der Waals surface area contributed by atoms with Gasteiger partial charge in [-0.3, -0.25) is 0 Å². The Morgan fingerprint density at radius 1 is 0.897 bits per heavy atom. The second kappa shape index (κ2) is 11.4. The molecule has 0 fully saturated rings. The number of hydrogen-bond donors (Lipinski definition) is 1. The molecule has 3 aromatic rings. The predicted octanol–water partition coefficient (Wildman–Crippen LogP) is 4.58. The zero-order chi connectivity index (χ0) is 21.1. The van der Waals surface area contributed by atoms with Gasteiger partial charge in [0.2, 0.25) is 0 Å². The largest absolute Gasteiger partial charge is 0.456 e. The number of ether oxygens (including phenoxy) is 1. The minimum atomic E-state index is -0.288. The van der Waals surface area contributed by atoms with Crippen molar-refractivity contribution in [2.24, 2.45) is 0 Å². The maximum atomic E-state index is 12.4. The number of carbonyl (C=O) groups is 1. The first-order valence-corrected chi connectivity index (χ1v) is 9.49. The number of rotatable bonds is 7. The van der Waals surface area contributed by atoms with Gasteiger partial charge in [0.15, 0.2) is 0 Å². The topological polar surface area (TPSA) is 76.2 Å². The molecule has 0 radical (unpaired) electrons. The molecule has 1 heterocycles. The Morgan fingerprint density at radius 3 is 2.03 bits per heavy atom.